The summed E-state index contributed by atoms with van der Waals surface area (Å²) in [4.78, 5) is 8.66. The molecular weight excluding hydrogens is 276 g/mol. The molecule has 6 nitrogen and oxygen atoms in total. The van der Waals surface area contributed by atoms with E-state index < -0.39 is 15.4 Å². The van der Waals surface area contributed by atoms with Crippen molar-refractivity contribution in [3.8, 4) is 0 Å². The fourth-order valence-corrected chi connectivity index (χ4v) is 4.49. The van der Waals surface area contributed by atoms with Gasteiger partial charge in [-0.3, -0.25) is 0 Å². The van der Waals surface area contributed by atoms with Crippen LogP contribution in [0.5, 0.6) is 0 Å². The van der Waals surface area contributed by atoms with Gasteiger partial charge in [-0.15, -0.1) is 0 Å². The number of aromatic nitrogens is 2. The van der Waals surface area contributed by atoms with Gasteiger partial charge in [0.2, 0.25) is 0 Å². The van der Waals surface area contributed by atoms with Crippen molar-refractivity contribution in [3.05, 3.63) is 11.9 Å². The first-order valence-electron chi connectivity index (χ1n) is 6.90. The summed E-state index contributed by atoms with van der Waals surface area (Å²) in [6.45, 7) is 6.69. The van der Waals surface area contributed by atoms with Crippen LogP contribution in [0, 0.1) is 6.92 Å². The molecule has 1 aliphatic rings. The van der Waals surface area contributed by atoms with Crippen molar-refractivity contribution in [2.24, 2.45) is 0 Å². The summed E-state index contributed by atoms with van der Waals surface area (Å²) in [5, 5.41) is 6.48. The average Bonchev–Trinajstić information content (AvgIpc) is 2.60. The Morgan fingerprint density at radius 3 is 2.65 bits per heavy atom. The second kappa shape index (κ2) is 5.55. The van der Waals surface area contributed by atoms with Gasteiger partial charge in [-0.2, -0.15) is 0 Å². The van der Waals surface area contributed by atoms with E-state index in [1.807, 2.05) is 19.9 Å². The number of nitrogens with one attached hydrogen (secondary N) is 2. The Kier molecular flexibility index (Phi) is 4.17. The van der Waals surface area contributed by atoms with Crippen LogP contribution in [0.1, 0.15) is 32.5 Å². The number of hydrogen-bond acceptors (Lipinski definition) is 6. The van der Waals surface area contributed by atoms with Crippen LogP contribution in [0.2, 0.25) is 0 Å². The highest BCUT2D eigenvalue weighted by molar-refractivity contribution is 7.91. The van der Waals surface area contributed by atoms with Gasteiger partial charge < -0.3 is 10.6 Å². The van der Waals surface area contributed by atoms with Gasteiger partial charge in [0.15, 0.2) is 9.84 Å². The molecule has 7 heteroatoms. The fraction of sp³-hybridized carbons (Fsp3) is 0.692. The van der Waals surface area contributed by atoms with E-state index in [1.54, 1.807) is 0 Å². The minimum Gasteiger partial charge on any atom is -0.370 e. The van der Waals surface area contributed by atoms with E-state index in [-0.39, 0.29) is 11.5 Å². The molecule has 0 radical (unpaired) electrons. The van der Waals surface area contributed by atoms with Crippen molar-refractivity contribution in [2.75, 3.05) is 28.7 Å². The summed E-state index contributed by atoms with van der Waals surface area (Å²) in [5.41, 5.74) is -0.443. The van der Waals surface area contributed by atoms with Crippen molar-refractivity contribution in [1.29, 1.82) is 0 Å². The number of anilines is 2. The fourth-order valence-electron chi connectivity index (χ4n) is 2.39. The Bertz CT molecular complexity index is 588. The highest BCUT2D eigenvalue weighted by Crippen LogP contribution is 2.27. The molecule has 2 heterocycles. The third-order valence-electron chi connectivity index (χ3n) is 3.33. The molecule has 112 valence electrons. The average molecular weight is 298 g/mol. The van der Waals surface area contributed by atoms with Gasteiger partial charge >= 0.3 is 0 Å². The molecule has 0 saturated carbocycles. The van der Waals surface area contributed by atoms with Gasteiger partial charge in [-0.1, -0.05) is 6.92 Å². The predicted octanol–water partition coefficient (Wildman–Crippen LogP) is 1.60. The lowest BCUT2D eigenvalue weighted by Crippen LogP contribution is -2.36. The van der Waals surface area contributed by atoms with Crippen LogP contribution in [0.25, 0.3) is 0 Å². The van der Waals surface area contributed by atoms with E-state index in [9.17, 15) is 8.42 Å². The molecule has 2 rings (SSSR count). The van der Waals surface area contributed by atoms with E-state index in [4.69, 9.17) is 0 Å². The highest BCUT2D eigenvalue weighted by Gasteiger charge is 2.38. The Balaban J connectivity index is 2.15. The van der Waals surface area contributed by atoms with Crippen molar-refractivity contribution < 1.29 is 8.42 Å². The molecule has 2 N–H and O–H groups in total. The molecule has 1 unspecified atom stereocenters. The van der Waals surface area contributed by atoms with Crippen molar-refractivity contribution in [1.82, 2.24) is 9.97 Å². The number of sulfone groups is 1. The van der Waals surface area contributed by atoms with Gasteiger partial charge in [0, 0.05) is 12.6 Å². The summed E-state index contributed by atoms with van der Waals surface area (Å²) in [7, 11) is -2.93. The lowest BCUT2D eigenvalue weighted by molar-refractivity contribution is 0.571. The minimum atomic E-state index is -2.93. The molecule has 0 aromatic carbocycles. The maximum absolute atomic E-state index is 11.6. The van der Waals surface area contributed by atoms with E-state index >= 15 is 0 Å². The van der Waals surface area contributed by atoms with Crippen LogP contribution in [-0.4, -0.2) is 42.0 Å². The Morgan fingerprint density at radius 2 is 2.05 bits per heavy atom. The molecule has 20 heavy (non-hydrogen) atoms. The molecule has 1 aliphatic heterocycles. The minimum absolute atomic E-state index is 0.154. The number of rotatable bonds is 5. The third kappa shape index (κ3) is 3.82. The first-order valence-corrected chi connectivity index (χ1v) is 8.72. The molecule has 1 atom stereocenters. The molecule has 1 fully saturated rings. The summed E-state index contributed by atoms with van der Waals surface area (Å²) < 4.78 is 23.3. The molecule has 1 saturated heterocycles. The standard InChI is InChI=1S/C13H22N4O2S/c1-4-6-14-11-8-12(16-10(2)15-11)17-13(3)5-7-20(18,19)9-13/h8H,4-7,9H2,1-3H3,(H2,14,15,16,17). The third-order valence-corrected chi connectivity index (χ3v) is 5.23. The second-order valence-corrected chi connectivity index (χ2v) is 7.82. The normalized spacial score (nSPS) is 24.6. The lowest BCUT2D eigenvalue weighted by Gasteiger charge is -2.25. The number of aryl methyl sites for hydroxylation is 1. The first kappa shape index (κ1) is 15.0. The molecule has 0 bridgehead atoms. The maximum Gasteiger partial charge on any atom is 0.152 e. The molecular formula is C13H22N4O2S. The monoisotopic (exact) mass is 298 g/mol. The van der Waals surface area contributed by atoms with E-state index in [2.05, 4.69) is 27.5 Å². The van der Waals surface area contributed by atoms with Crippen LogP contribution < -0.4 is 10.6 Å². The summed E-state index contributed by atoms with van der Waals surface area (Å²) in [6, 6.07) is 1.83. The topological polar surface area (TPSA) is 84.0 Å². The Hall–Kier alpha value is -1.37. The zero-order chi connectivity index (χ0) is 14.8. The van der Waals surface area contributed by atoms with Gasteiger partial charge in [-0.25, -0.2) is 18.4 Å². The van der Waals surface area contributed by atoms with Crippen LogP contribution in [-0.2, 0) is 9.84 Å². The zero-order valence-electron chi connectivity index (χ0n) is 12.2. The van der Waals surface area contributed by atoms with Crippen molar-refractivity contribution in [2.45, 2.75) is 39.2 Å². The summed E-state index contributed by atoms with van der Waals surface area (Å²) in [6.07, 6.45) is 1.62. The molecule has 1 aromatic heterocycles. The largest absolute Gasteiger partial charge is 0.370 e. The molecule has 0 spiro atoms. The smallest absolute Gasteiger partial charge is 0.152 e. The van der Waals surface area contributed by atoms with Crippen LogP contribution in [0.4, 0.5) is 11.6 Å². The predicted molar refractivity (Wildman–Crippen MR) is 80.8 cm³/mol. The Morgan fingerprint density at radius 1 is 1.35 bits per heavy atom. The number of hydrogen-bond donors (Lipinski definition) is 2. The van der Waals surface area contributed by atoms with E-state index in [0.29, 0.717) is 18.1 Å². The second-order valence-electron chi connectivity index (χ2n) is 5.64. The van der Waals surface area contributed by atoms with E-state index in [1.165, 1.54) is 0 Å². The quantitative estimate of drug-likeness (QED) is 0.859. The van der Waals surface area contributed by atoms with Crippen LogP contribution in [0.15, 0.2) is 6.07 Å². The Labute approximate surface area is 120 Å². The lowest BCUT2D eigenvalue weighted by atomic mass is 10.0. The molecule has 1 aromatic rings. The van der Waals surface area contributed by atoms with Gasteiger partial charge in [0.25, 0.3) is 0 Å². The van der Waals surface area contributed by atoms with Gasteiger partial charge in [0.05, 0.1) is 17.0 Å². The molecule has 0 aliphatic carbocycles. The van der Waals surface area contributed by atoms with Crippen LogP contribution >= 0.6 is 0 Å². The number of nitrogens with zero attached hydrogens (tertiary/aromatic N) is 2. The maximum atomic E-state index is 11.6. The van der Waals surface area contributed by atoms with Gasteiger partial charge in [-0.05, 0) is 26.7 Å². The zero-order valence-corrected chi connectivity index (χ0v) is 13.0. The highest BCUT2D eigenvalue weighted by atomic mass is 32.2. The first-order chi connectivity index (χ1) is 9.32. The molecule has 0 amide bonds. The van der Waals surface area contributed by atoms with Gasteiger partial charge in [0.1, 0.15) is 17.5 Å². The van der Waals surface area contributed by atoms with E-state index in [0.717, 1.165) is 18.8 Å². The van der Waals surface area contributed by atoms with Crippen molar-refractivity contribution in [3.63, 3.8) is 0 Å². The summed E-state index contributed by atoms with van der Waals surface area (Å²) in [5.74, 6) is 2.50. The van der Waals surface area contributed by atoms with Crippen molar-refractivity contribution >= 4 is 21.5 Å². The van der Waals surface area contributed by atoms with Crippen LogP contribution in [0.3, 0.4) is 0 Å². The summed E-state index contributed by atoms with van der Waals surface area (Å²) >= 11 is 0. The SMILES string of the molecule is CCCNc1cc(NC2(C)CCS(=O)(=O)C2)nc(C)n1.